The number of guanidine groups is 2. The average molecular weight is 595 g/mol. The van der Waals surface area contributed by atoms with Crippen LogP contribution >= 0.6 is 0 Å². The van der Waals surface area contributed by atoms with Gasteiger partial charge in [-0.25, -0.2) is 25.0 Å². The molecule has 45 heavy (non-hydrogen) atoms. The van der Waals surface area contributed by atoms with Crippen LogP contribution in [0.25, 0.3) is 0 Å². The van der Waals surface area contributed by atoms with Crippen molar-refractivity contribution in [2.75, 3.05) is 6.61 Å². The zero-order chi connectivity index (χ0) is 30.2. The smallest absolute Gasteiger partial charge is 0.247 e. The van der Waals surface area contributed by atoms with Crippen LogP contribution in [-0.2, 0) is 0 Å². The van der Waals surface area contributed by atoms with Crippen LogP contribution in [0.1, 0.15) is 78.8 Å². The lowest BCUT2D eigenvalue weighted by atomic mass is 10.1. The Hall–Kier alpha value is -5.58. The van der Waals surface area contributed by atoms with Crippen LogP contribution in [0, 0.1) is 0 Å². The maximum atomic E-state index is 6.19. The van der Waals surface area contributed by atoms with Crippen molar-refractivity contribution in [3.05, 3.63) is 100 Å². The maximum absolute atomic E-state index is 6.19. The Morgan fingerprint density at radius 2 is 0.933 bits per heavy atom. The van der Waals surface area contributed by atoms with Crippen LogP contribution in [-0.4, -0.2) is 53.5 Å². The topological polar surface area (TPSA) is 132 Å². The van der Waals surface area contributed by atoms with Gasteiger partial charge in [0.05, 0.1) is 6.61 Å². The van der Waals surface area contributed by atoms with E-state index in [0.717, 1.165) is 45.6 Å². The third-order valence-electron chi connectivity index (χ3n) is 8.04. The molecule has 0 saturated carbocycles. The fourth-order valence-electron chi connectivity index (χ4n) is 5.76. The number of hydrogen-bond donors (Lipinski definition) is 2. The van der Waals surface area contributed by atoms with E-state index in [1.54, 1.807) is 0 Å². The van der Waals surface area contributed by atoms with E-state index in [9.17, 15) is 0 Å². The maximum Gasteiger partial charge on any atom is 0.247 e. The van der Waals surface area contributed by atoms with Crippen LogP contribution in [0.4, 0.5) is 0 Å². The number of nitrogens with zero attached hydrogens (tertiary/aromatic N) is 8. The van der Waals surface area contributed by atoms with Crippen LogP contribution in [0.5, 0.6) is 5.75 Å². The minimum atomic E-state index is 0.336. The Bertz CT molecular complexity index is 1980. The molecule has 0 unspecified atom stereocenters. The van der Waals surface area contributed by atoms with Gasteiger partial charge in [0.15, 0.2) is 35.0 Å². The molecule has 0 radical (unpaired) electrons. The van der Waals surface area contributed by atoms with Crippen molar-refractivity contribution in [3.63, 3.8) is 0 Å². The zero-order valence-corrected chi connectivity index (χ0v) is 24.8. The highest BCUT2D eigenvalue weighted by Crippen LogP contribution is 2.29. The van der Waals surface area contributed by atoms with E-state index in [2.05, 4.69) is 27.8 Å². The third kappa shape index (κ3) is 5.16. The number of hydrogen-bond acceptors (Lipinski definition) is 11. The summed E-state index contributed by atoms with van der Waals surface area (Å²) in [6, 6.07) is 21.7. The van der Waals surface area contributed by atoms with Crippen molar-refractivity contribution in [1.82, 2.24) is 10.9 Å². The van der Waals surface area contributed by atoms with E-state index in [-0.39, 0.29) is 0 Å². The summed E-state index contributed by atoms with van der Waals surface area (Å²) in [7, 11) is 0. The largest absolute Gasteiger partial charge is 0.494 e. The van der Waals surface area contributed by atoms with Crippen LogP contribution in [0.15, 0.2) is 107 Å². The van der Waals surface area contributed by atoms with E-state index in [1.807, 2.05) is 66.7 Å². The molecule has 5 aliphatic rings. The third-order valence-corrected chi connectivity index (χ3v) is 8.04. The molecule has 3 aromatic carbocycles. The molecule has 0 atom stereocenters. The van der Waals surface area contributed by atoms with E-state index < -0.39 is 0 Å². The highest BCUT2D eigenvalue weighted by Gasteiger charge is 2.29. The summed E-state index contributed by atoms with van der Waals surface area (Å²) in [5, 5.41) is 0. The van der Waals surface area contributed by atoms with Gasteiger partial charge in [-0.05, 0) is 24.6 Å². The van der Waals surface area contributed by atoms with E-state index in [0.29, 0.717) is 53.5 Å². The van der Waals surface area contributed by atoms with Gasteiger partial charge in [0, 0.05) is 33.4 Å². The lowest BCUT2D eigenvalue weighted by molar-refractivity contribution is 0.304. The number of rotatable bonds is 8. The predicted octanol–water partition coefficient (Wildman–Crippen LogP) is 5.18. The number of benzene rings is 3. The normalized spacial score (nSPS) is 16.8. The van der Waals surface area contributed by atoms with Gasteiger partial charge in [0.2, 0.25) is 11.9 Å². The molecule has 11 nitrogen and oxygen atoms in total. The number of ether oxygens (including phenoxy) is 1. The number of unbranched alkanes of at least 4 members (excludes halogenated alkanes) is 5. The summed E-state index contributed by atoms with van der Waals surface area (Å²) in [5.41, 5.74) is 11.1. The lowest BCUT2D eigenvalue weighted by Gasteiger charge is -2.08. The Morgan fingerprint density at radius 1 is 0.467 bits per heavy atom. The van der Waals surface area contributed by atoms with Gasteiger partial charge in [-0.1, -0.05) is 87.6 Å². The molecule has 2 N–H and O–H groups in total. The number of hydrazine groups is 1. The molecule has 222 valence electrons. The quantitative estimate of drug-likeness (QED) is 0.348. The lowest BCUT2D eigenvalue weighted by Crippen LogP contribution is -2.32. The van der Waals surface area contributed by atoms with E-state index in [1.165, 1.54) is 32.1 Å². The molecular weight excluding hydrogens is 564 g/mol. The molecular formula is C34H30N10O. The van der Waals surface area contributed by atoms with Gasteiger partial charge in [-0.2, -0.15) is 15.0 Å². The minimum absolute atomic E-state index is 0.336. The van der Waals surface area contributed by atoms with Gasteiger partial charge in [0.1, 0.15) is 5.75 Å². The molecule has 5 aliphatic heterocycles. The van der Waals surface area contributed by atoms with Gasteiger partial charge in [0.25, 0.3) is 0 Å². The average Bonchev–Trinajstić information content (AvgIpc) is 3.83. The number of fused-ring (bicyclic) bond motifs is 13. The first-order chi connectivity index (χ1) is 22.2. The second-order valence-corrected chi connectivity index (χ2v) is 11.1. The van der Waals surface area contributed by atoms with E-state index in [4.69, 9.17) is 34.7 Å². The first-order valence-electron chi connectivity index (χ1n) is 15.4. The van der Waals surface area contributed by atoms with Crippen molar-refractivity contribution in [2.45, 2.75) is 45.4 Å². The fraction of sp³-hybridized carbons (Fsp3) is 0.235. The second-order valence-electron chi connectivity index (χ2n) is 11.1. The summed E-state index contributed by atoms with van der Waals surface area (Å²) in [5.74, 6) is 4.49. The molecule has 8 rings (SSSR count). The minimum Gasteiger partial charge on any atom is -0.494 e. The molecule has 0 amide bonds. The molecule has 0 aliphatic carbocycles. The van der Waals surface area contributed by atoms with Gasteiger partial charge in [-0.15, -0.1) is 0 Å². The first-order valence-corrected chi connectivity index (χ1v) is 15.4. The number of nitrogens with one attached hydrogen (secondary N) is 2. The highest BCUT2D eigenvalue weighted by molar-refractivity contribution is 6.33. The molecule has 11 heteroatoms. The SMILES string of the molecule is CCCCCCCCOc1ccc2c(c1)C1=NC2=NC2=NC(=NC3=NC(=NC4=NC(=N1)c1ccccc14)NN3)c1ccccc12. The van der Waals surface area contributed by atoms with Gasteiger partial charge >= 0.3 is 0 Å². The molecule has 8 bridgehead atoms. The molecule has 0 saturated heterocycles. The summed E-state index contributed by atoms with van der Waals surface area (Å²) >= 11 is 0. The van der Waals surface area contributed by atoms with Gasteiger partial charge < -0.3 is 4.74 Å². The molecule has 0 fully saturated rings. The predicted molar refractivity (Wildman–Crippen MR) is 179 cm³/mol. The van der Waals surface area contributed by atoms with Crippen LogP contribution in [0.2, 0.25) is 0 Å². The molecule has 5 heterocycles. The van der Waals surface area contributed by atoms with Crippen molar-refractivity contribution < 1.29 is 4.74 Å². The Morgan fingerprint density at radius 3 is 1.53 bits per heavy atom. The zero-order valence-electron chi connectivity index (χ0n) is 24.8. The van der Waals surface area contributed by atoms with Crippen molar-refractivity contribution in [1.29, 1.82) is 0 Å². The van der Waals surface area contributed by atoms with Gasteiger partial charge in [-0.3, -0.25) is 10.9 Å². The van der Waals surface area contributed by atoms with Crippen molar-refractivity contribution in [3.8, 4) is 5.75 Å². The fourth-order valence-corrected chi connectivity index (χ4v) is 5.76. The monoisotopic (exact) mass is 594 g/mol. The molecule has 0 spiro atoms. The molecule has 3 aromatic rings. The van der Waals surface area contributed by atoms with Crippen LogP contribution < -0.4 is 15.6 Å². The second kappa shape index (κ2) is 11.5. The summed E-state index contributed by atoms with van der Waals surface area (Å²) in [6.45, 7) is 2.90. The van der Waals surface area contributed by atoms with Crippen LogP contribution in [0.3, 0.4) is 0 Å². The highest BCUT2D eigenvalue weighted by atomic mass is 16.5. The summed E-state index contributed by atoms with van der Waals surface area (Å²) in [4.78, 5) is 38.4. The summed E-state index contributed by atoms with van der Waals surface area (Å²) < 4.78 is 6.19. The standard InChI is InChI=1S/C34H30N10O/c1-2-3-4-5-6-11-18-45-20-16-17-25-26(19-20)32-38-28-22-13-8-10-15-24(22)31(37-28)41-34-42-33(43-44-34)40-30-23-14-9-7-12-21(23)27(36-30)35-29(25)39-32/h7-10,12-17,19H,2-6,11,18H2,1H3,(H2,35,36,37,38,39,40,41,42,43,44). The number of amidine groups is 6. The summed E-state index contributed by atoms with van der Waals surface area (Å²) in [6.07, 6.45) is 7.24. The van der Waals surface area contributed by atoms with Crippen molar-refractivity contribution in [2.24, 2.45) is 39.9 Å². The molecule has 0 aromatic heterocycles. The number of aliphatic imine (C=N–C) groups is 8. The first kappa shape index (κ1) is 27.0. The Kier molecular flexibility index (Phi) is 6.90. The Labute approximate surface area is 260 Å². The van der Waals surface area contributed by atoms with Crippen molar-refractivity contribution >= 4 is 46.9 Å². The van der Waals surface area contributed by atoms with E-state index >= 15 is 0 Å². The Balaban J connectivity index is 1.22.